The van der Waals surface area contributed by atoms with E-state index in [9.17, 15) is 21.2 Å². The van der Waals surface area contributed by atoms with Crippen LogP contribution in [0.5, 0.6) is 0 Å². The molecular formula is C17H18FNO4S2. The lowest BCUT2D eigenvalue weighted by molar-refractivity contribution is 0.309. The van der Waals surface area contributed by atoms with Crippen LogP contribution < -0.4 is 0 Å². The average Bonchev–Trinajstić information content (AvgIpc) is 2.44. The van der Waals surface area contributed by atoms with Crippen molar-refractivity contribution in [3.8, 4) is 0 Å². The minimum atomic E-state index is -3.72. The van der Waals surface area contributed by atoms with E-state index in [0.29, 0.717) is 5.56 Å². The van der Waals surface area contributed by atoms with Gasteiger partial charge in [-0.15, -0.1) is 0 Å². The molecule has 0 amide bonds. The summed E-state index contributed by atoms with van der Waals surface area (Å²) in [6, 6.07) is 9.59. The van der Waals surface area contributed by atoms with Gasteiger partial charge in [-0.05, 0) is 49.7 Å². The number of nitrogens with zero attached hydrogens (tertiary/aromatic N) is 1. The molecule has 0 aromatic heterocycles. The highest BCUT2D eigenvalue weighted by atomic mass is 32.2. The summed E-state index contributed by atoms with van der Waals surface area (Å²) in [7, 11) is -7.41. The second-order valence-corrected chi connectivity index (χ2v) is 10.3. The Morgan fingerprint density at radius 2 is 1.56 bits per heavy atom. The van der Waals surface area contributed by atoms with E-state index in [2.05, 4.69) is 0 Å². The normalized spacial score (nSPS) is 16.6. The van der Waals surface area contributed by atoms with Gasteiger partial charge in [0.05, 0.1) is 15.0 Å². The van der Waals surface area contributed by atoms with Crippen molar-refractivity contribution in [2.24, 2.45) is 0 Å². The van der Waals surface area contributed by atoms with Crippen LogP contribution in [0.4, 0.5) is 4.39 Å². The standard InChI is InChI=1S/C17H18FNO4S2/c1-12-3-8-17(13(2)9-12)25(22,23)19-10-16(11-19)24(20,21)15-6-4-14(18)5-7-15/h3-9,16H,10-11H2,1-2H3. The van der Waals surface area contributed by atoms with Gasteiger partial charge in [0.15, 0.2) is 9.84 Å². The first kappa shape index (κ1) is 18.0. The van der Waals surface area contributed by atoms with Gasteiger partial charge in [0.25, 0.3) is 0 Å². The van der Waals surface area contributed by atoms with Crippen LogP contribution in [0.25, 0.3) is 0 Å². The fourth-order valence-electron chi connectivity index (χ4n) is 2.84. The molecule has 2 aromatic carbocycles. The number of hydrogen-bond acceptors (Lipinski definition) is 4. The van der Waals surface area contributed by atoms with Crippen molar-refractivity contribution in [2.45, 2.75) is 28.9 Å². The Kier molecular flexibility index (Phi) is 4.47. The number of sulfone groups is 1. The molecule has 0 N–H and O–H groups in total. The monoisotopic (exact) mass is 383 g/mol. The Bertz CT molecular complexity index is 1010. The van der Waals surface area contributed by atoms with Crippen LogP contribution in [0, 0.1) is 19.7 Å². The fourth-order valence-corrected chi connectivity index (χ4v) is 6.42. The van der Waals surface area contributed by atoms with Gasteiger partial charge >= 0.3 is 0 Å². The summed E-state index contributed by atoms with van der Waals surface area (Å²) in [5.41, 5.74) is 1.58. The van der Waals surface area contributed by atoms with E-state index >= 15 is 0 Å². The van der Waals surface area contributed by atoms with Gasteiger partial charge in [0.2, 0.25) is 10.0 Å². The zero-order valence-electron chi connectivity index (χ0n) is 13.8. The lowest BCUT2D eigenvalue weighted by atomic mass is 10.2. The predicted octanol–water partition coefficient (Wildman–Crippen LogP) is 2.29. The quantitative estimate of drug-likeness (QED) is 0.760. The molecule has 1 aliphatic heterocycles. The maximum absolute atomic E-state index is 13.0. The molecule has 25 heavy (non-hydrogen) atoms. The largest absolute Gasteiger partial charge is 0.243 e. The molecule has 0 saturated carbocycles. The Hall–Kier alpha value is -1.77. The van der Waals surface area contributed by atoms with E-state index in [1.807, 2.05) is 6.92 Å². The van der Waals surface area contributed by atoms with E-state index in [4.69, 9.17) is 0 Å². The smallest absolute Gasteiger partial charge is 0.223 e. The molecule has 1 saturated heterocycles. The minimum Gasteiger partial charge on any atom is -0.223 e. The molecule has 0 spiro atoms. The zero-order valence-corrected chi connectivity index (χ0v) is 15.4. The van der Waals surface area contributed by atoms with Gasteiger partial charge in [-0.3, -0.25) is 0 Å². The van der Waals surface area contributed by atoms with E-state index in [-0.39, 0.29) is 22.9 Å². The van der Waals surface area contributed by atoms with Crippen molar-refractivity contribution in [2.75, 3.05) is 13.1 Å². The van der Waals surface area contributed by atoms with Crippen molar-refractivity contribution in [1.29, 1.82) is 0 Å². The van der Waals surface area contributed by atoms with Crippen molar-refractivity contribution >= 4 is 19.9 Å². The van der Waals surface area contributed by atoms with Crippen LogP contribution >= 0.6 is 0 Å². The van der Waals surface area contributed by atoms with Crippen LogP contribution in [-0.4, -0.2) is 39.5 Å². The molecule has 0 atom stereocenters. The molecule has 3 rings (SSSR count). The number of benzene rings is 2. The van der Waals surface area contributed by atoms with Gasteiger partial charge in [-0.1, -0.05) is 17.7 Å². The minimum absolute atomic E-state index is 0.00228. The van der Waals surface area contributed by atoms with Crippen LogP contribution in [-0.2, 0) is 19.9 Å². The van der Waals surface area contributed by atoms with E-state index in [1.165, 1.54) is 12.1 Å². The summed E-state index contributed by atoms with van der Waals surface area (Å²) < 4.78 is 64.5. The van der Waals surface area contributed by atoms with Gasteiger partial charge in [-0.2, -0.15) is 4.31 Å². The molecule has 1 fully saturated rings. The topological polar surface area (TPSA) is 71.5 Å². The highest BCUT2D eigenvalue weighted by Gasteiger charge is 2.44. The molecule has 0 aliphatic carbocycles. The fraction of sp³-hybridized carbons (Fsp3) is 0.294. The summed E-state index contributed by atoms with van der Waals surface area (Å²) >= 11 is 0. The molecule has 1 aliphatic rings. The Labute approximate surface area is 147 Å². The number of hydrogen-bond donors (Lipinski definition) is 0. The third kappa shape index (κ3) is 3.21. The summed E-state index contributed by atoms with van der Waals surface area (Å²) in [4.78, 5) is 0.193. The number of halogens is 1. The van der Waals surface area contributed by atoms with Crippen LogP contribution in [0.1, 0.15) is 11.1 Å². The second kappa shape index (κ2) is 6.19. The highest BCUT2D eigenvalue weighted by Crippen LogP contribution is 2.30. The number of sulfonamides is 1. The Balaban J connectivity index is 1.80. The van der Waals surface area contributed by atoms with Gasteiger partial charge in [0, 0.05) is 13.1 Å². The van der Waals surface area contributed by atoms with Gasteiger partial charge < -0.3 is 0 Å². The maximum atomic E-state index is 13.0. The van der Waals surface area contributed by atoms with Gasteiger partial charge in [-0.25, -0.2) is 21.2 Å². The number of rotatable bonds is 4. The highest BCUT2D eigenvalue weighted by molar-refractivity contribution is 7.92. The Morgan fingerprint density at radius 1 is 0.960 bits per heavy atom. The molecule has 0 unspecified atom stereocenters. The Morgan fingerprint density at radius 3 is 2.12 bits per heavy atom. The molecule has 134 valence electrons. The first-order chi connectivity index (χ1) is 11.6. The molecule has 8 heteroatoms. The summed E-state index contributed by atoms with van der Waals surface area (Å²) in [6.45, 7) is 3.38. The average molecular weight is 383 g/mol. The van der Waals surface area contributed by atoms with E-state index in [1.54, 1.807) is 25.1 Å². The van der Waals surface area contributed by atoms with E-state index in [0.717, 1.165) is 22.0 Å². The van der Waals surface area contributed by atoms with Crippen molar-refractivity contribution in [1.82, 2.24) is 4.31 Å². The summed E-state index contributed by atoms with van der Waals surface area (Å²) in [5, 5.41) is -0.821. The molecule has 1 heterocycles. The van der Waals surface area contributed by atoms with Crippen molar-refractivity contribution < 1.29 is 21.2 Å². The number of aryl methyl sites for hydroxylation is 2. The molecular weight excluding hydrogens is 365 g/mol. The van der Waals surface area contributed by atoms with Gasteiger partial charge in [0.1, 0.15) is 5.82 Å². The zero-order chi connectivity index (χ0) is 18.4. The summed E-state index contributed by atoms with van der Waals surface area (Å²) in [6.07, 6.45) is 0. The second-order valence-electron chi connectivity index (χ2n) is 6.21. The summed E-state index contributed by atoms with van der Waals surface area (Å²) in [5.74, 6) is -0.522. The van der Waals surface area contributed by atoms with Crippen LogP contribution in [0.15, 0.2) is 52.3 Å². The molecule has 5 nitrogen and oxygen atoms in total. The first-order valence-corrected chi connectivity index (χ1v) is 10.7. The SMILES string of the molecule is Cc1ccc(S(=O)(=O)N2CC(S(=O)(=O)c3ccc(F)cc3)C2)c(C)c1. The molecule has 0 bridgehead atoms. The van der Waals surface area contributed by atoms with E-state index < -0.39 is 30.9 Å². The first-order valence-electron chi connectivity index (χ1n) is 7.69. The molecule has 0 radical (unpaired) electrons. The maximum Gasteiger partial charge on any atom is 0.243 e. The third-order valence-corrected chi connectivity index (χ3v) is 8.44. The molecule has 2 aromatic rings. The van der Waals surface area contributed by atoms with Crippen molar-refractivity contribution in [3.05, 3.63) is 59.4 Å². The predicted molar refractivity (Wildman–Crippen MR) is 92.0 cm³/mol. The lowest BCUT2D eigenvalue weighted by Gasteiger charge is -2.37. The third-order valence-electron chi connectivity index (χ3n) is 4.34. The van der Waals surface area contributed by atoms with Crippen LogP contribution in [0.3, 0.4) is 0 Å². The lowest BCUT2D eigenvalue weighted by Crippen LogP contribution is -2.56. The van der Waals surface area contributed by atoms with Crippen LogP contribution in [0.2, 0.25) is 0 Å². The van der Waals surface area contributed by atoms with Crippen molar-refractivity contribution in [3.63, 3.8) is 0 Å².